The van der Waals surface area contributed by atoms with E-state index in [2.05, 4.69) is 24.8 Å². The first-order valence-corrected chi connectivity index (χ1v) is 6.78. The van der Waals surface area contributed by atoms with E-state index >= 15 is 0 Å². The largest absolute Gasteiger partial charge is 0.345 e. The third-order valence-electron chi connectivity index (χ3n) is 3.61. The minimum Gasteiger partial charge on any atom is -0.345 e. The van der Waals surface area contributed by atoms with Crippen LogP contribution in [0.2, 0.25) is 0 Å². The molecule has 0 bridgehead atoms. The number of nitriles is 1. The van der Waals surface area contributed by atoms with Gasteiger partial charge in [0.1, 0.15) is 0 Å². The smallest absolute Gasteiger partial charge is 0.223 e. The van der Waals surface area contributed by atoms with Gasteiger partial charge in [-0.2, -0.15) is 5.26 Å². The Balaban J connectivity index is 2.28. The van der Waals surface area contributed by atoms with Gasteiger partial charge in [-0.25, -0.2) is 0 Å². The summed E-state index contributed by atoms with van der Waals surface area (Å²) in [5.74, 6) is 0.147. The van der Waals surface area contributed by atoms with Gasteiger partial charge in [-0.05, 0) is 24.8 Å². The van der Waals surface area contributed by atoms with Crippen molar-refractivity contribution >= 4 is 5.91 Å². The fourth-order valence-corrected chi connectivity index (χ4v) is 2.52. The minimum absolute atomic E-state index is 0.147. The molecule has 1 aliphatic heterocycles. The van der Waals surface area contributed by atoms with E-state index in [0.717, 1.165) is 19.6 Å². The molecule has 1 saturated heterocycles. The van der Waals surface area contributed by atoms with Crippen LogP contribution >= 0.6 is 0 Å². The number of rotatable bonds is 5. The lowest BCUT2D eigenvalue weighted by Crippen LogP contribution is -2.42. The standard InChI is InChI=1S/C14H25N3O/c1-14(2)7-4-10-17(12-14)11-6-13(18)16(3)9-5-8-15/h4-7,9-12H2,1-3H3. The van der Waals surface area contributed by atoms with Crippen molar-refractivity contribution in [3.63, 3.8) is 0 Å². The summed E-state index contributed by atoms with van der Waals surface area (Å²) in [6.07, 6.45) is 3.49. The topological polar surface area (TPSA) is 47.3 Å². The van der Waals surface area contributed by atoms with Crippen LogP contribution in [-0.2, 0) is 4.79 Å². The van der Waals surface area contributed by atoms with Crippen LogP contribution in [0.5, 0.6) is 0 Å². The van der Waals surface area contributed by atoms with E-state index in [1.54, 1.807) is 11.9 Å². The molecule has 1 fully saturated rings. The van der Waals surface area contributed by atoms with Crippen LogP contribution in [-0.4, -0.2) is 48.9 Å². The number of likely N-dealkylation sites (tertiary alicyclic amines) is 1. The molecule has 0 saturated carbocycles. The number of piperidine rings is 1. The van der Waals surface area contributed by atoms with E-state index in [4.69, 9.17) is 5.26 Å². The second-order valence-electron chi connectivity index (χ2n) is 6.02. The molecule has 18 heavy (non-hydrogen) atoms. The number of carbonyl (C=O) groups excluding carboxylic acids is 1. The van der Waals surface area contributed by atoms with Crippen molar-refractivity contribution in [2.75, 3.05) is 33.2 Å². The molecule has 0 aliphatic carbocycles. The van der Waals surface area contributed by atoms with Crippen molar-refractivity contribution in [1.82, 2.24) is 9.80 Å². The van der Waals surface area contributed by atoms with Crippen LogP contribution in [0, 0.1) is 16.7 Å². The molecule has 0 unspecified atom stereocenters. The van der Waals surface area contributed by atoms with E-state index in [-0.39, 0.29) is 5.91 Å². The van der Waals surface area contributed by atoms with Crippen LogP contribution in [0.25, 0.3) is 0 Å². The first-order chi connectivity index (χ1) is 8.44. The van der Waals surface area contributed by atoms with Gasteiger partial charge in [0.25, 0.3) is 0 Å². The summed E-state index contributed by atoms with van der Waals surface area (Å²) in [7, 11) is 1.78. The average Bonchev–Trinajstić information content (AvgIpc) is 2.31. The minimum atomic E-state index is 0.147. The molecule has 0 atom stereocenters. The number of carbonyl (C=O) groups is 1. The van der Waals surface area contributed by atoms with Crippen molar-refractivity contribution < 1.29 is 4.79 Å². The summed E-state index contributed by atoms with van der Waals surface area (Å²) in [5, 5.41) is 8.49. The molecule has 0 aromatic heterocycles. The van der Waals surface area contributed by atoms with Crippen LogP contribution in [0.3, 0.4) is 0 Å². The Bertz CT molecular complexity index is 319. The molecule has 1 rings (SSSR count). The van der Waals surface area contributed by atoms with Crippen LogP contribution < -0.4 is 0 Å². The quantitative estimate of drug-likeness (QED) is 0.749. The SMILES string of the molecule is CN(CCC#N)C(=O)CCN1CCCC(C)(C)C1. The molecule has 0 aromatic carbocycles. The molecular formula is C14H25N3O. The third-order valence-corrected chi connectivity index (χ3v) is 3.61. The summed E-state index contributed by atoms with van der Waals surface area (Å²) in [6, 6.07) is 2.07. The molecule has 0 N–H and O–H groups in total. The maximum atomic E-state index is 11.8. The van der Waals surface area contributed by atoms with Gasteiger partial charge < -0.3 is 9.80 Å². The van der Waals surface area contributed by atoms with Gasteiger partial charge in [0, 0.05) is 33.1 Å². The first kappa shape index (κ1) is 15.0. The van der Waals surface area contributed by atoms with Gasteiger partial charge in [0.15, 0.2) is 0 Å². The summed E-state index contributed by atoms with van der Waals surface area (Å²) >= 11 is 0. The highest BCUT2D eigenvalue weighted by Gasteiger charge is 2.26. The Kier molecular flexibility index (Phi) is 5.61. The van der Waals surface area contributed by atoms with Gasteiger partial charge in [-0.3, -0.25) is 4.79 Å². The monoisotopic (exact) mass is 251 g/mol. The Morgan fingerprint density at radius 3 is 2.83 bits per heavy atom. The predicted octanol–water partition coefficient (Wildman–Crippen LogP) is 1.87. The third kappa shape index (κ3) is 5.05. The maximum Gasteiger partial charge on any atom is 0.223 e. The predicted molar refractivity (Wildman–Crippen MR) is 71.9 cm³/mol. The molecular weight excluding hydrogens is 226 g/mol. The highest BCUT2D eigenvalue weighted by Crippen LogP contribution is 2.28. The molecule has 4 heteroatoms. The zero-order valence-corrected chi connectivity index (χ0v) is 11.9. The lowest BCUT2D eigenvalue weighted by atomic mass is 9.84. The molecule has 1 amide bonds. The second-order valence-corrected chi connectivity index (χ2v) is 6.02. The lowest BCUT2D eigenvalue weighted by molar-refractivity contribution is -0.130. The second kappa shape index (κ2) is 6.75. The van der Waals surface area contributed by atoms with Gasteiger partial charge in [-0.15, -0.1) is 0 Å². The fraction of sp³-hybridized carbons (Fsp3) is 0.857. The van der Waals surface area contributed by atoms with Crippen molar-refractivity contribution in [3.05, 3.63) is 0 Å². The average molecular weight is 251 g/mol. The van der Waals surface area contributed by atoms with E-state index in [1.807, 2.05) is 0 Å². The summed E-state index contributed by atoms with van der Waals surface area (Å²) in [4.78, 5) is 15.9. The van der Waals surface area contributed by atoms with Gasteiger partial charge in [-0.1, -0.05) is 13.8 Å². The van der Waals surface area contributed by atoms with E-state index in [1.165, 1.54) is 12.8 Å². The number of hydrogen-bond donors (Lipinski definition) is 0. The van der Waals surface area contributed by atoms with Gasteiger partial charge in [0.2, 0.25) is 5.91 Å². The Labute approximate surface area is 111 Å². The van der Waals surface area contributed by atoms with Crippen LogP contribution in [0.15, 0.2) is 0 Å². The number of amides is 1. The Morgan fingerprint density at radius 1 is 1.50 bits per heavy atom. The van der Waals surface area contributed by atoms with E-state index in [9.17, 15) is 4.79 Å². The molecule has 0 spiro atoms. The molecule has 1 aliphatic rings. The van der Waals surface area contributed by atoms with Gasteiger partial charge in [0.05, 0.1) is 12.5 Å². The van der Waals surface area contributed by atoms with Crippen LogP contribution in [0.4, 0.5) is 0 Å². The van der Waals surface area contributed by atoms with Crippen LogP contribution in [0.1, 0.15) is 39.5 Å². The first-order valence-electron chi connectivity index (χ1n) is 6.78. The number of hydrogen-bond acceptors (Lipinski definition) is 3. The molecule has 0 radical (unpaired) electrons. The van der Waals surface area contributed by atoms with Crippen molar-refractivity contribution in [2.24, 2.45) is 5.41 Å². The molecule has 102 valence electrons. The molecule has 1 heterocycles. The zero-order chi connectivity index (χ0) is 13.6. The van der Waals surface area contributed by atoms with Gasteiger partial charge >= 0.3 is 0 Å². The van der Waals surface area contributed by atoms with E-state index < -0.39 is 0 Å². The zero-order valence-electron chi connectivity index (χ0n) is 11.9. The number of nitrogens with zero attached hydrogens (tertiary/aromatic N) is 3. The normalized spacial score (nSPS) is 19.2. The maximum absolute atomic E-state index is 11.8. The van der Waals surface area contributed by atoms with Crippen molar-refractivity contribution in [3.8, 4) is 6.07 Å². The Morgan fingerprint density at radius 2 is 2.22 bits per heavy atom. The van der Waals surface area contributed by atoms with Crippen molar-refractivity contribution in [1.29, 1.82) is 5.26 Å². The van der Waals surface area contributed by atoms with E-state index in [0.29, 0.717) is 24.8 Å². The highest BCUT2D eigenvalue weighted by atomic mass is 16.2. The molecule has 4 nitrogen and oxygen atoms in total. The highest BCUT2D eigenvalue weighted by molar-refractivity contribution is 5.76. The lowest BCUT2D eigenvalue weighted by Gasteiger charge is -2.38. The fourth-order valence-electron chi connectivity index (χ4n) is 2.52. The summed E-state index contributed by atoms with van der Waals surface area (Å²) in [5.41, 5.74) is 0.383. The molecule has 0 aromatic rings. The summed E-state index contributed by atoms with van der Waals surface area (Å²) in [6.45, 7) is 8.17. The summed E-state index contributed by atoms with van der Waals surface area (Å²) < 4.78 is 0. The van der Waals surface area contributed by atoms with Crippen molar-refractivity contribution in [2.45, 2.75) is 39.5 Å². The Hall–Kier alpha value is -1.08.